The first kappa shape index (κ1) is 20.6. The fraction of sp³-hybridized carbons (Fsp3) is 0.231. The number of rotatable bonds is 5. The van der Waals surface area contributed by atoms with Crippen molar-refractivity contribution in [2.24, 2.45) is 0 Å². The molecule has 1 aromatic heterocycles. The predicted molar refractivity (Wildman–Crippen MR) is 89.5 cm³/mol. The van der Waals surface area contributed by atoms with Crippen LogP contribution in [0.15, 0.2) is 23.4 Å². The van der Waals surface area contributed by atoms with E-state index < -0.39 is 23.8 Å². The molecule has 14 heteroatoms. The molecule has 0 atom stereocenters. The van der Waals surface area contributed by atoms with Gasteiger partial charge in [0.1, 0.15) is 5.75 Å². The van der Waals surface area contributed by atoms with Gasteiger partial charge in [-0.05, 0) is 18.2 Å². The Balaban J connectivity index is 1.91. The van der Waals surface area contributed by atoms with Crippen molar-refractivity contribution < 1.29 is 27.5 Å². The van der Waals surface area contributed by atoms with Crippen molar-refractivity contribution in [2.45, 2.75) is 11.3 Å². The number of hydrogen-bond donors (Lipinski definition) is 3. The van der Waals surface area contributed by atoms with Crippen molar-refractivity contribution >= 4 is 35.2 Å². The number of methoxy groups -OCH3 is 1. The normalized spacial score (nSPS) is 11.1. The van der Waals surface area contributed by atoms with Gasteiger partial charge < -0.3 is 10.6 Å². The van der Waals surface area contributed by atoms with Crippen molar-refractivity contribution in [3.05, 3.63) is 34.6 Å². The van der Waals surface area contributed by atoms with Gasteiger partial charge in [0.15, 0.2) is 0 Å². The first-order chi connectivity index (χ1) is 12.6. The van der Waals surface area contributed by atoms with Crippen LogP contribution in [0.3, 0.4) is 0 Å². The largest absolute Gasteiger partial charge is 0.496 e. The number of nitrogens with zero attached hydrogens (tertiary/aromatic N) is 3. The molecule has 0 bridgehead atoms. The SMILES string of the molecule is COc1ccc(Cl)cc1C(=O)NNC(=O)CSc1nnc(C(F)(F)F)n1N. The second-order valence-electron chi connectivity index (χ2n) is 4.81. The molecule has 9 nitrogen and oxygen atoms in total. The number of nitrogen functional groups attached to an aromatic ring is 1. The molecule has 0 radical (unpaired) electrons. The molecule has 0 aliphatic carbocycles. The number of aromatic nitrogens is 3. The first-order valence-corrected chi connectivity index (χ1v) is 8.33. The van der Waals surface area contributed by atoms with E-state index in [1.807, 2.05) is 0 Å². The second kappa shape index (κ2) is 8.35. The van der Waals surface area contributed by atoms with E-state index in [-0.39, 0.29) is 31.9 Å². The lowest BCUT2D eigenvalue weighted by Crippen LogP contribution is -2.42. The molecule has 2 aromatic rings. The number of carbonyl (C=O) groups is 2. The minimum Gasteiger partial charge on any atom is -0.496 e. The van der Waals surface area contributed by atoms with E-state index >= 15 is 0 Å². The van der Waals surface area contributed by atoms with Crippen molar-refractivity contribution in [1.82, 2.24) is 25.7 Å². The zero-order chi connectivity index (χ0) is 20.2. The van der Waals surface area contributed by atoms with Crippen LogP contribution in [-0.4, -0.2) is 39.6 Å². The maximum Gasteiger partial charge on any atom is 0.453 e. The lowest BCUT2D eigenvalue weighted by molar-refractivity contribution is -0.146. The number of amides is 2. The van der Waals surface area contributed by atoms with Crippen molar-refractivity contribution in [2.75, 3.05) is 18.7 Å². The summed E-state index contributed by atoms with van der Waals surface area (Å²) in [4.78, 5) is 23.8. The van der Waals surface area contributed by atoms with Crippen molar-refractivity contribution in [1.29, 1.82) is 0 Å². The van der Waals surface area contributed by atoms with Crippen LogP contribution in [0.1, 0.15) is 16.2 Å². The van der Waals surface area contributed by atoms with E-state index in [4.69, 9.17) is 22.2 Å². The monoisotopic (exact) mass is 424 g/mol. The van der Waals surface area contributed by atoms with Crippen LogP contribution in [0.25, 0.3) is 0 Å². The van der Waals surface area contributed by atoms with Gasteiger partial charge in [-0.2, -0.15) is 13.2 Å². The fourth-order valence-corrected chi connectivity index (χ4v) is 2.61. The third-order valence-corrected chi connectivity index (χ3v) is 4.15. The summed E-state index contributed by atoms with van der Waals surface area (Å²) in [7, 11) is 1.35. The van der Waals surface area contributed by atoms with E-state index in [2.05, 4.69) is 21.0 Å². The number of nitrogens with two attached hydrogens (primary N) is 1. The van der Waals surface area contributed by atoms with Gasteiger partial charge in [0.2, 0.25) is 11.1 Å². The molecule has 2 amide bonds. The standard InChI is InChI=1S/C13H12ClF3N6O3S/c1-26-8-3-2-6(14)4-7(8)10(25)20-19-9(24)5-27-12-22-21-11(23(12)18)13(15,16)17/h2-4H,5,18H2,1H3,(H,19,24)(H,20,25). The zero-order valence-corrected chi connectivity index (χ0v) is 15.1. The van der Waals surface area contributed by atoms with Gasteiger partial charge in [-0.1, -0.05) is 23.4 Å². The summed E-state index contributed by atoms with van der Waals surface area (Å²) in [5.41, 5.74) is 4.31. The number of hydrogen-bond acceptors (Lipinski definition) is 7. The van der Waals surface area contributed by atoms with Crippen LogP contribution < -0.4 is 21.4 Å². The summed E-state index contributed by atoms with van der Waals surface area (Å²) < 4.78 is 42.9. The highest BCUT2D eigenvalue weighted by Gasteiger charge is 2.38. The van der Waals surface area contributed by atoms with E-state index in [0.29, 0.717) is 11.8 Å². The van der Waals surface area contributed by atoms with Gasteiger partial charge in [0.25, 0.3) is 11.7 Å². The Labute approximate surface area is 159 Å². The molecule has 0 unspecified atom stereocenters. The highest BCUT2D eigenvalue weighted by molar-refractivity contribution is 7.99. The quantitative estimate of drug-likeness (QED) is 0.374. The number of nitrogens with one attached hydrogen (secondary N) is 2. The smallest absolute Gasteiger partial charge is 0.453 e. The highest BCUT2D eigenvalue weighted by Crippen LogP contribution is 2.28. The van der Waals surface area contributed by atoms with Crippen LogP contribution in [0.5, 0.6) is 5.75 Å². The summed E-state index contributed by atoms with van der Waals surface area (Å²) in [5.74, 6) is 2.29. The Morgan fingerprint density at radius 1 is 1.33 bits per heavy atom. The van der Waals surface area contributed by atoms with E-state index in [1.54, 1.807) is 0 Å². The zero-order valence-electron chi connectivity index (χ0n) is 13.5. The van der Waals surface area contributed by atoms with Gasteiger partial charge >= 0.3 is 6.18 Å². The summed E-state index contributed by atoms with van der Waals surface area (Å²) in [6, 6.07) is 4.33. The molecule has 2 rings (SSSR count). The summed E-state index contributed by atoms with van der Waals surface area (Å²) in [5, 5.41) is 6.15. The van der Waals surface area contributed by atoms with Crippen LogP contribution in [0, 0.1) is 0 Å². The van der Waals surface area contributed by atoms with Gasteiger partial charge in [0, 0.05) is 5.02 Å². The molecule has 27 heavy (non-hydrogen) atoms. The molecule has 1 heterocycles. The maximum atomic E-state index is 12.6. The Morgan fingerprint density at radius 2 is 2.04 bits per heavy atom. The number of hydrazine groups is 1. The molecule has 1 aromatic carbocycles. The average molecular weight is 425 g/mol. The molecule has 0 aliphatic heterocycles. The fourth-order valence-electron chi connectivity index (χ4n) is 1.79. The third kappa shape index (κ3) is 5.17. The van der Waals surface area contributed by atoms with Crippen LogP contribution in [0.2, 0.25) is 5.02 Å². The van der Waals surface area contributed by atoms with Crippen molar-refractivity contribution in [3.63, 3.8) is 0 Å². The lowest BCUT2D eigenvalue weighted by Gasteiger charge is -2.10. The first-order valence-electron chi connectivity index (χ1n) is 6.96. The number of benzene rings is 1. The number of carbonyl (C=O) groups excluding carboxylic acids is 2. The number of alkyl halides is 3. The molecule has 4 N–H and O–H groups in total. The minimum atomic E-state index is -4.77. The van der Waals surface area contributed by atoms with Gasteiger partial charge in [0.05, 0.1) is 18.4 Å². The molecule has 0 aliphatic rings. The molecule has 0 saturated carbocycles. The van der Waals surface area contributed by atoms with E-state index in [1.165, 1.54) is 25.3 Å². The predicted octanol–water partition coefficient (Wildman–Crippen LogP) is 1.23. The molecule has 146 valence electrons. The van der Waals surface area contributed by atoms with Gasteiger partial charge in [-0.25, -0.2) is 4.68 Å². The van der Waals surface area contributed by atoms with Crippen molar-refractivity contribution in [3.8, 4) is 5.75 Å². The molecular weight excluding hydrogens is 413 g/mol. The van der Waals surface area contributed by atoms with Gasteiger partial charge in [-0.3, -0.25) is 20.4 Å². The lowest BCUT2D eigenvalue weighted by atomic mass is 10.2. The minimum absolute atomic E-state index is 0.0782. The summed E-state index contributed by atoms with van der Waals surface area (Å²) in [6.45, 7) is 0. The summed E-state index contributed by atoms with van der Waals surface area (Å²) in [6.07, 6.45) is -4.77. The number of ether oxygens (including phenoxy) is 1. The topological polar surface area (TPSA) is 124 Å². The van der Waals surface area contributed by atoms with Crippen LogP contribution in [-0.2, 0) is 11.0 Å². The Hall–Kier alpha value is -2.67. The molecule has 0 fully saturated rings. The van der Waals surface area contributed by atoms with Crippen LogP contribution >= 0.6 is 23.4 Å². The number of thioether (sulfide) groups is 1. The highest BCUT2D eigenvalue weighted by atomic mass is 35.5. The molecular formula is C13H12ClF3N6O3S. The van der Waals surface area contributed by atoms with Crippen LogP contribution in [0.4, 0.5) is 13.2 Å². The van der Waals surface area contributed by atoms with E-state index in [9.17, 15) is 22.8 Å². The Bertz CT molecular complexity index is 860. The van der Waals surface area contributed by atoms with E-state index in [0.717, 1.165) is 0 Å². The molecule has 0 saturated heterocycles. The maximum absolute atomic E-state index is 12.6. The average Bonchev–Trinajstić information content (AvgIpc) is 2.98. The second-order valence-corrected chi connectivity index (χ2v) is 6.19. The Morgan fingerprint density at radius 3 is 2.63 bits per heavy atom. The Kier molecular flexibility index (Phi) is 6.38. The number of halogens is 4. The third-order valence-electron chi connectivity index (χ3n) is 2.97. The van der Waals surface area contributed by atoms with Gasteiger partial charge in [-0.15, -0.1) is 10.2 Å². The molecule has 0 spiro atoms. The summed E-state index contributed by atoms with van der Waals surface area (Å²) >= 11 is 6.42.